The predicted octanol–water partition coefficient (Wildman–Crippen LogP) is 2.12. The van der Waals surface area contributed by atoms with Crippen LogP contribution in [0.5, 0.6) is 0 Å². The van der Waals surface area contributed by atoms with Crippen LogP contribution in [0.4, 0.5) is 13.2 Å². The van der Waals surface area contributed by atoms with Gasteiger partial charge in [-0.25, -0.2) is 9.59 Å². The van der Waals surface area contributed by atoms with Gasteiger partial charge in [-0.1, -0.05) is 0 Å². The third-order valence-corrected chi connectivity index (χ3v) is 3.60. The summed E-state index contributed by atoms with van der Waals surface area (Å²) in [7, 11) is 0. The van der Waals surface area contributed by atoms with Crippen LogP contribution in [-0.4, -0.2) is 34.9 Å². The zero-order chi connectivity index (χ0) is 16.0. The van der Waals surface area contributed by atoms with Gasteiger partial charge >= 0.3 is 18.1 Å². The SMILES string of the molecule is O=C(O)C(F)(F)F.O=C(O)C=Cc1cc2c(s1)CCNC2. The number of hydrogen-bond acceptors (Lipinski definition) is 4. The summed E-state index contributed by atoms with van der Waals surface area (Å²) in [6, 6.07) is 2.06. The Hall–Kier alpha value is -1.87. The lowest BCUT2D eigenvalue weighted by molar-refractivity contribution is -0.192. The highest BCUT2D eigenvalue weighted by atomic mass is 32.1. The molecule has 2 rings (SSSR count). The molecule has 1 aliphatic rings. The standard InChI is InChI=1S/C10H11NO2S.C2HF3O2/c12-10(13)2-1-8-5-7-6-11-4-3-9(7)14-8;3-2(4,5)1(6)7/h1-2,5,11H,3-4,6H2,(H,12,13);(H,6,7). The van der Waals surface area contributed by atoms with Crippen molar-refractivity contribution >= 4 is 29.4 Å². The Labute approximate surface area is 121 Å². The van der Waals surface area contributed by atoms with Gasteiger partial charge in [-0.2, -0.15) is 13.2 Å². The van der Waals surface area contributed by atoms with Gasteiger partial charge < -0.3 is 15.5 Å². The van der Waals surface area contributed by atoms with Crippen molar-refractivity contribution in [1.82, 2.24) is 5.32 Å². The third kappa shape index (κ3) is 5.96. The van der Waals surface area contributed by atoms with E-state index < -0.39 is 18.1 Å². The van der Waals surface area contributed by atoms with Crippen molar-refractivity contribution in [2.24, 2.45) is 0 Å². The Balaban J connectivity index is 0.000000270. The van der Waals surface area contributed by atoms with E-state index in [0.29, 0.717) is 0 Å². The molecule has 9 heteroatoms. The Morgan fingerprint density at radius 3 is 2.43 bits per heavy atom. The van der Waals surface area contributed by atoms with Crippen LogP contribution in [-0.2, 0) is 22.6 Å². The van der Waals surface area contributed by atoms with Crippen LogP contribution in [0.2, 0.25) is 0 Å². The second-order valence-corrected chi connectivity index (χ2v) is 5.17. The summed E-state index contributed by atoms with van der Waals surface area (Å²) in [5.41, 5.74) is 1.31. The summed E-state index contributed by atoms with van der Waals surface area (Å²) in [6.45, 7) is 1.93. The number of nitrogens with one attached hydrogen (secondary N) is 1. The summed E-state index contributed by atoms with van der Waals surface area (Å²) in [4.78, 5) is 21.6. The minimum atomic E-state index is -5.08. The van der Waals surface area contributed by atoms with E-state index in [9.17, 15) is 18.0 Å². The molecule has 0 atom stereocenters. The van der Waals surface area contributed by atoms with E-state index in [1.54, 1.807) is 17.4 Å². The fourth-order valence-corrected chi connectivity index (χ4v) is 2.60. The van der Waals surface area contributed by atoms with Gasteiger partial charge in [-0.3, -0.25) is 0 Å². The number of thiophene rings is 1. The number of hydrogen-bond donors (Lipinski definition) is 3. The van der Waals surface area contributed by atoms with Crippen LogP contribution >= 0.6 is 11.3 Å². The highest BCUT2D eigenvalue weighted by molar-refractivity contribution is 7.13. The summed E-state index contributed by atoms with van der Waals surface area (Å²) in [6.07, 6.45) is -1.18. The molecule has 1 aliphatic heterocycles. The molecule has 3 N–H and O–H groups in total. The average Bonchev–Trinajstić information content (AvgIpc) is 2.78. The molecule has 0 amide bonds. The number of fused-ring (bicyclic) bond motifs is 1. The number of alkyl halides is 3. The van der Waals surface area contributed by atoms with E-state index in [1.165, 1.54) is 16.5 Å². The maximum atomic E-state index is 10.6. The van der Waals surface area contributed by atoms with Gasteiger partial charge in [0.2, 0.25) is 0 Å². The molecule has 116 valence electrons. The van der Waals surface area contributed by atoms with Crippen LogP contribution in [0.1, 0.15) is 15.3 Å². The zero-order valence-corrected chi connectivity index (χ0v) is 11.4. The van der Waals surface area contributed by atoms with Crippen molar-refractivity contribution < 1.29 is 33.0 Å². The lowest BCUT2D eigenvalue weighted by atomic mass is 10.1. The number of carbonyl (C=O) groups is 2. The van der Waals surface area contributed by atoms with Gasteiger partial charge in [0.25, 0.3) is 0 Å². The molecule has 21 heavy (non-hydrogen) atoms. The summed E-state index contributed by atoms with van der Waals surface area (Å²) in [5.74, 6) is -3.65. The number of rotatable bonds is 2. The third-order valence-electron chi connectivity index (χ3n) is 2.39. The maximum absolute atomic E-state index is 10.6. The largest absolute Gasteiger partial charge is 0.490 e. The summed E-state index contributed by atoms with van der Waals surface area (Å²) >= 11 is 1.69. The summed E-state index contributed by atoms with van der Waals surface area (Å²) < 4.78 is 31.7. The molecule has 2 heterocycles. The normalized spacial score (nSPS) is 14.2. The van der Waals surface area contributed by atoms with Gasteiger partial charge in [0, 0.05) is 28.9 Å². The van der Waals surface area contributed by atoms with Gasteiger partial charge in [0.1, 0.15) is 0 Å². The fraction of sp³-hybridized carbons (Fsp3) is 0.333. The van der Waals surface area contributed by atoms with Crippen molar-refractivity contribution in [3.8, 4) is 0 Å². The van der Waals surface area contributed by atoms with Gasteiger partial charge in [0.15, 0.2) is 0 Å². The van der Waals surface area contributed by atoms with Crippen LogP contribution < -0.4 is 5.32 Å². The lowest BCUT2D eigenvalue weighted by Crippen LogP contribution is -2.21. The fourth-order valence-electron chi connectivity index (χ4n) is 1.51. The quantitative estimate of drug-likeness (QED) is 0.726. The molecular weight excluding hydrogens is 311 g/mol. The first kappa shape index (κ1) is 17.2. The number of carboxylic acid groups (broad SMARTS) is 2. The van der Waals surface area contributed by atoms with Crippen LogP contribution in [0.15, 0.2) is 12.1 Å². The van der Waals surface area contributed by atoms with E-state index in [1.807, 2.05) is 0 Å². The van der Waals surface area contributed by atoms with E-state index >= 15 is 0 Å². The minimum Gasteiger partial charge on any atom is -0.478 e. The molecule has 1 aromatic heterocycles. The van der Waals surface area contributed by atoms with Crippen molar-refractivity contribution in [3.63, 3.8) is 0 Å². The Morgan fingerprint density at radius 2 is 1.95 bits per heavy atom. The number of aliphatic carboxylic acids is 2. The molecule has 1 aromatic rings. The predicted molar refractivity (Wildman–Crippen MR) is 70.1 cm³/mol. The van der Waals surface area contributed by atoms with Gasteiger partial charge in [-0.15, -0.1) is 11.3 Å². The lowest BCUT2D eigenvalue weighted by Gasteiger charge is -2.10. The minimum absolute atomic E-state index is 0.894. The Bertz CT molecular complexity index is 528. The van der Waals surface area contributed by atoms with Crippen LogP contribution in [0.3, 0.4) is 0 Å². The highest BCUT2D eigenvalue weighted by Crippen LogP contribution is 2.26. The molecule has 0 radical (unpaired) electrons. The van der Waals surface area contributed by atoms with Gasteiger partial charge in [-0.05, 0) is 24.1 Å². The highest BCUT2D eigenvalue weighted by Gasteiger charge is 2.38. The molecule has 5 nitrogen and oxygen atoms in total. The van der Waals surface area contributed by atoms with Gasteiger partial charge in [0.05, 0.1) is 0 Å². The van der Waals surface area contributed by atoms with Crippen molar-refractivity contribution in [1.29, 1.82) is 0 Å². The topological polar surface area (TPSA) is 86.6 Å². The molecule has 0 saturated heterocycles. The Morgan fingerprint density at radius 1 is 1.33 bits per heavy atom. The Kier molecular flexibility index (Phi) is 5.91. The average molecular weight is 323 g/mol. The molecule has 0 spiro atoms. The molecule has 0 fully saturated rings. The first-order valence-corrected chi connectivity index (χ1v) is 6.55. The molecule has 0 bridgehead atoms. The second-order valence-electron chi connectivity index (χ2n) is 4.00. The first-order valence-electron chi connectivity index (χ1n) is 5.73. The smallest absolute Gasteiger partial charge is 0.478 e. The van der Waals surface area contributed by atoms with E-state index in [2.05, 4.69) is 11.4 Å². The second kappa shape index (κ2) is 7.23. The van der Waals surface area contributed by atoms with Crippen molar-refractivity contribution in [2.75, 3.05) is 6.54 Å². The number of carboxylic acids is 2. The van der Waals surface area contributed by atoms with Crippen LogP contribution in [0.25, 0.3) is 6.08 Å². The van der Waals surface area contributed by atoms with E-state index in [-0.39, 0.29) is 0 Å². The molecule has 0 aliphatic carbocycles. The van der Waals surface area contributed by atoms with Crippen LogP contribution in [0, 0.1) is 0 Å². The molecular formula is C12H12F3NO4S. The van der Waals surface area contributed by atoms with E-state index in [0.717, 1.165) is 24.4 Å². The van der Waals surface area contributed by atoms with Crippen molar-refractivity contribution in [2.45, 2.75) is 19.1 Å². The first-order chi connectivity index (χ1) is 9.70. The molecule has 0 aromatic carbocycles. The molecule has 0 saturated carbocycles. The number of halogens is 3. The monoisotopic (exact) mass is 323 g/mol. The maximum Gasteiger partial charge on any atom is 0.490 e. The van der Waals surface area contributed by atoms with Crippen molar-refractivity contribution in [3.05, 3.63) is 27.5 Å². The van der Waals surface area contributed by atoms with E-state index in [4.69, 9.17) is 15.0 Å². The summed E-state index contributed by atoms with van der Waals surface area (Å²) in [5, 5.41) is 18.9. The zero-order valence-electron chi connectivity index (χ0n) is 10.6. The molecule has 0 unspecified atom stereocenters.